The van der Waals surface area contributed by atoms with E-state index in [0.717, 1.165) is 28.9 Å². The molecule has 1 aromatic carbocycles. The number of hydrogen-bond donors (Lipinski definition) is 2. The second-order valence-electron chi connectivity index (χ2n) is 7.12. The van der Waals surface area contributed by atoms with E-state index in [0.29, 0.717) is 16.2 Å². The molecule has 0 aliphatic carbocycles. The predicted molar refractivity (Wildman–Crippen MR) is 115 cm³/mol. The summed E-state index contributed by atoms with van der Waals surface area (Å²) in [6.07, 6.45) is 0.801. The second kappa shape index (κ2) is 8.22. The molecule has 148 valence electrons. The summed E-state index contributed by atoms with van der Waals surface area (Å²) in [7, 11) is 0. The third kappa shape index (κ3) is 3.99. The summed E-state index contributed by atoms with van der Waals surface area (Å²) in [6.45, 7) is 9.93. The quantitative estimate of drug-likeness (QED) is 0.478. The number of amides is 1. The molecular formula is C21H26N4O2S. The van der Waals surface area contributed by atoms with Crippen LogP contribution in [0.4, 0.5) is 5.69 Å². The molecule has 2 N–H and O–H groups in total. The Morgan fingerprint density at radius 3 is 2.79 bits per heavy atom. The zero-order valence-electron chi connectivity index (χ0n) is 16.9. The fraction of sp³-hybridized carbons (Fsp3) is 0.381. The summed E-state index contributed by atoms with van der Waals surface area (Å²) in [6, 6.07) is 7.69. The Balaban J connectivity index is 1.86. The SMILES string of the molecule is CCC(C)n1c(SCC(=O)Nc2cccc(C)c2C)nc2cc(C)[nH]c2c1=O. The van der Waals surface area contributed by atoms with Crippen LogP contribution in [0.2, 0.25) is 0 Å². The van der Waals surface area contributed by atoms with Crippen molar-refractivity contribution in [1.82, 2.24) is 14.5 Å². The normalized spacial score (nSPS) is 12.3. The number of nitrogens with one attached hydrogen (secondary N) is 2. The lowest BCUT2D eigenvalue weighted by molar-refractivity contribution is -0.113. The zero-order valence-corrected chi connectivity index (χ0v) is 17.7. The minimum atomic E-state index is -0.117. The molecule has 1 unspecified atom stereocenters. The van der Waals surface area contributed by atoms with Crippen molar-refractivity contribution in [2.24, 2.45) is 0 Å². The first kappa shape index (κ1) is 20.2. The monoisotopic (exact) mass is 398 g/mol. The van der Waals surface area contributed by atoms with Crippen LogP contribution in [0.3, 0.4) is 0 Å². The number of thioether (sulfide) groups is 1. The number of aromatic amines is 1. The number of aromatic nitrogens is 3. The Bertz CT molecular complexity index is 1080. The number of anilines is 1. The highest BCUT2D eigenvalue weighted by Gasteiger charge is 2.18. The maximum absolute atomic E-state index is 13.0. The van der Waals surface area contributed by atoms with Gasteiger partial charge in [-0.15, -0.1) is 0 Å². The van der Waals surface area contributed by atoms with Crippen LogP contribution in [-0.4, -0.2) is 26.2 Å². The van der Waals surface area contributed by atoms with Gasteiger partial charge < -0.3 is 10.3 Å². The molecule has 6 nitrogen and oxygen atoms in total. The van der Waals surface area contributed by atoms with Crippen LogP contribution in [-0.2, 0) is 4.79 Å². The van der Waals surface area contributed by atoms with E-state index in [2.05, 4.69) is 15.3 Å². The van der Waals surface area contributed by atoms with Crippen molar-refractivity contribution in [2.45, 2.75) is 52.2 Å². The lowest BCUT2D eigenvalue weighted by Crippen LogP contribution is -2.26. The molecule has 1 amide bonds. The fourth-order valence-corrected chi connectivity index (χ4v) is 3.96. The second-order valence-corrected chi connectivity index (χ2v) is 8.07. The maximum atomic E-state index is 13.0. The predicted octanol–water partition coefficient (Wildman–Crippen LogP) is 4.35. The van der Waals surface area contributed by atoms with E-state index < -0.39 is 0 Å². The lowest BCUT2D eigenvalue weighted by atomic mass is 10.1. The summed E-state index contributed by atoms with van der Waals surface area (Å²) in [5, 5.41) is 3.53. The zero-order chi connectivity index (χ0) is 20.4. The molecule has 3 aromatic rings. The van der Waals surface area contributed by atoms with Crippen LogP contribution in [0.5, 0.6) is 0 Å². The maximum Gasteiger partial charge on any atom is 0.278 e. The summed E-state index contributed by atoms with van der Waals surface area (Å²) in [5.41, 5.74) is 4.96. The number of fused-ring (bicyclic) bond motifs is 1. The molecule has 0 aliphatic rings. The molecule has 2 aromatic heterocycles. The van der Waals surface area contributed by atoms with Crippen molar-refractivity contribution in [3.05, 3.63) is 51.4 Å². The standard InChI is InChI=1S/C21H26N4O2S/c1-6-14(4)25-20(27)19-17(10-13(3)22-19)24-21(25)28-11-18(26)23-16-9-7-8-12(2)15(16)5/h7-10,14,22H,6,11H2,1-5H3,(H,23,26). The number of rotatable bonds is 6. The van der Waals surface area contributed by atoms with Crippen LogP contribution in [0.1, 0.15) is 43.1 Å². The highest BCUT2D eigenvalue weighted by molar-refractivity contribution is 7.99. The van der Waals surface area contributed by atoms with Crippen LogP contribution in [0, 0.1) is 20.8 Å². The largest absolute Gasteiger partial charge is 0.353 e. The first-order valence-electron chi connectivity index (χ1n) is 9.42. The van der Waals surface area contributed by atoms with E-state index in [1.807, 2.05) is 58.9 Å². The Labute approximate surface area is 168 Å². The number of carbonyl (C=O) groups excluding carboxylic acids is 1. The molecule has 0 bridgehead atoms. The van der Waals surface area contributed by atoms with E-state index in [4.69, 9.17) is 0 Å². The highest BCUT2D eigenvalue weighted by atomic mass is 32.2. The number of H-pyrrole nitrogens is 1. The Morgan fingerprint density at radius 1 is 1.32 bits per heavy atom. The van der Waals surface area contributed by atoms with E-state index in [1.54, 1.807) is 4.57 Å². The van der Waals surface area contributed by atoms with Gasteiger partial charge in [0.2, 0.25) is 5.91 Å². The van der Waals surface area contributed by atoms with Crippen LogP contribution in [0.15, 0.2) is 34.2 Å². The molecule has 0 aliphatic heterocycles. The molecule has 1 atom stereocenters. The summed E-state index contributed by atoms with van der Waals surface area (Å²) in [5.74, 6) is 0.0690. The van der Waals surface area contributed by atoms with Gasteiger partial charge in [-0.25, -0.2) is 4.98 Å². The van der Waals surface area contributed by atoms with Gasteiger partial charge in [-0.3, -0.25) is 14.2 Å². The molecule has 0 fully saturated rings. The summed E-state index contributed by atoms with van der Waals surface area (Å²) >= 11 is 1.29. The van der Waals surface area contributed by atoms with Crippen molar-refractivity contribution < 1.29 is 4.79 Å². The Morgan fingerprint density at radius 2 is 2.07 bits per heavy atom. The number of nitrogens with zero attached hydrogens (tertiary/aromatic N) is 2. The van der Waals surface area contributed by atoms with Gasteiger partial charge in [0.05, 0.1) is 11.3 Å². The topological polar surface area (TPSA) is 79.8 Å². The van der Waals surface area contributed by atoms with Crippen molar-refractivity contribution in [3.63, 3.8) is 0 Å². The van der Waals surface area contributed by atoms with E-state index in [1.165, 1.54) is 11.8 Å². The summed E-state index contributed by atoms with van der Waals surface area (Å²) < 4.78 is 1.69. The average Bonchev–Trinajstić information content (AvgIpc) is 3.04. The van der Waals surface area contributed by atoms with Gasteiger partial charge in [-0.1, -0.05) is 30.8 Å². The van der Waals surface area contributed by atoms with Crippen molar-refractivity contribution >= 4 is 34.4 Å². The van der Waals surface area contributed by atoms with E-state index in [-0.39, 0.29) is 23.3 Å². The van der Waals surface area contributed by atoms with Gasteiger partial charge in [0, 0.05) is 17.4 Å². The molecule has 28 heavy (non-hydrogen) atoms. The van der Waals surface area contributed by atoms with Crippen LogP contribution in [0.25, 0.3) is 11.0 Å². The minimum Gasteiger partial charge on any atom is -0.353 e. The molecule has 2 heterocycles. The van der Waals surface area contributed by atoms with Gasteiger partial charge in [0.1, 0.15) is 5.52 Å². The third-order valence-electron chi connectivity index (χ3n) is 5.03. The van der Waals surface area contributed by atoms with Gasteiger partial charge in [0.15, 0.2) is 5.16 Å². The highest BCUT2D eigenvalue weighted by Crippen LogP contribution is 2.24. The molecule has 0 radical (unpaired) electrons. The summed E-state index contributed by atoms with van der Waals surface area (Å²) in [4.78, 5) is 33.2. The smallest absolute Gasteiger partial charge is 0.278 e. The number of carbonyl (C=O) groups is 1. The fourth-order valence-electron chi connectivity index (χ4n) is 3.07. The minimum absolute atomic E-state index is 0.00224. The molecule has 0 saturated heterocycles. The molecular weight excluding hydrogens is 372 g/mol. The van der Waals surface area contributed by atoms with Crippen molar-refractivity contribution in [3.8, 4) is 0 Å². The van der Waals surface area contributed by atoms with Gasteiger partial charge in [-0.2, -0.15) is 0 Å². The number of hydrogen-bond acceptors (Lipinski definition) is 4. The molecule has 3 rings (SSSR count). The number of aryl methyl sites for hydroxylation is 2. The average molecular weight is 399 g/mol. The van der Waals surface area contributed by atoms with Gasteiger partial charge >= 0.3 is 0 Å². The lowest BCUT2D eigenvalue weighted by Gasteiger charge is -2.17. The van der Waals surface area contributed by atoms with Gasteiger partial charge in [0.25, 0.3) is 5.56 Å². The first-order valence-corrected chi connectivity index (χ1v) is 10.4. The Kier molecular flexibility index (Phi) is 5.93. The van der Waals surface area contributed by atoms with Gasteiger partial charge in [-0.05, 0) is 57.4 Å². The van der Waals surface area contributed by atoms with E-state index in [9.17, 15) is 9.59 Å². The molecule has 0 spiro atoms. The number of benzene rings is 1. The van der Waals surface area contributed by atoms with Crippen LogP contribution >= 0.6 is 11.8 Å². The third-order valence-corrected chi connectivity index (χ3v) is 5.98. The first-order chi connectivity index (χ1) is 13.3. The molecule has 7 heteroatoms. The van der Waals surface area contributed by atoms with Crippen molar-refractivity contribution in [2.75, 3.05) is 11.1 Å². The van der Waals surface area contributed by atoms with Crippen molar-refractivity contribution in [1.29, 1.82) is 0 Å². The van der Waals surface area contributed by atoms with Crippen LogP contribution < -0.4 is 10.9 Å². The molecule has 0 saturated carbocycles. The Hall–Kier alpha value is -2.54. The van der Waals surface area contributed by atoms with E-state index >= 15 is 0 Å².